The Labute approximate surface area is 136 Å². The fraction of sp³-hybridized carbons (Fsp3) is 0.0500. The number of anilines is 2. The van der Waals surface area contributed by atoms with E-state index in [0.29, 0.717) is 0 Å². The highest BCUT2D eigenvalue weighted by molar-refractivity contribution is 6.00. The van der Waals surface area contributed by atoms with Gasteiger partial charge in [0.2, 0.25) is 0 Å². The van der Waals surface area contributed by atoms with E-state index in [9.17, 15) is 0 Å². The fourth-order valence-corrected chi connectivity index (χ4v) is 2.69. The number of nitrogens with one attached hydrogen (secondary N) is 1. The SMILES string of the molecule is Cc1ccccc1-c1ccc(N(C(=N)N)c2ccccc2)cc1. The van der Waals surface area contributed by atoms with Crippen molar-refractivity contribution in [2.75, 3.05) is 4.90 Å². The molecule has 0 fully saturated rings. The molecule has 3 aromatic rings. The third kappa shape index (κ3) is 3.09. The van der Waals surface area contributed by atoms with Gasteiger partial charge in [-0.15, -0.1) is 0 Å². The lowest BCUT2D eigenvalue weighted by molar-refractivity contribution is 1.25. The Morgan fingerprint density at radius 2 is 1.35 bits per heavy atom. The Hall–Kier alpha value is -3.07. The molecule has 0 amide bonds. The molecule has 3 N–H and O–H groups in total. The summed E-state index contributed by atoms with van der Waals surface area (Å²) in [4.78, 5) is 1.72. The summed E-state index contributed by atoms with van der Waals surface area (Å²) in [5.74, 6) is -0.000147. The summed E-state index contributed by atoms with van der Waals surface area (Å²) < 4.78 is 0. The molecule has 23 heavy (non-hydrogen) atoms. The molecule has 0 aliphatic heterocycles. The zero-order valence-electron chi connectivity index (χ0n) is 13.0. The van der Waals surface area contributed by atoms with Crippen LogP contribution in [0.15, 0.2) is 78.9 Å². The van der Waals surface area contributed by atoms with Gasteiger partial charge in [-0.1, -0.05) is 54.6 Å². The standard InChI is InChI=1S/C20H19N3/c1-15-7-5-6-10-19(15)16-11-13-18(14-12-16)23(20(21)22)17-8-3-2-4-9-17/h2-14H,1H3,(H3,21,22). The molecule has 0 aliphatic carbocycles. The van der Waals surface area contributed by atoms with E-state index in [1.807, 2.05) is 54.6 Å². The number of rotatable bonds is 3. The third-order valence-electron chi connectivity index (χ3n) is 3.84. The summed E-state index contributed by atoms with van der Waals surface area (Å²) >= 11 is 0. The average Bonchev–Trinajstić information content (AvgIpc) is 2.57. The van der Waals surface area contributed by atoms with Crippen LogP contribution in [0.5, 0.6) is 0 Å². The van der Waals surface area contributed by atoms with E-state index in [0.717, 1.165) is 16.9 Å². The second-order valence-electron chi connectivity index (χ2n) is 5.42. The zero-order valence-corrected chi connectivity index (χ0v) is 13.0. The molecule has 0 saturated carbocycles. The molecular formula is C20H19N3. The fourth-order valence-electron chi connectivity index (χ4n) is 2.69. The third-order valence-corrected chi connectivity index (χ3v) is 3.84. The van der Waals surface area contributed by atoms with Crippen molar-refractivity contribution in [1.29, 1.82) is 5.41 Å². The first-order chi connectivity index (χ1) is 11.2. The van der Waals surface area contributed by atoms with Gasteiger partial charge in [0, 0.05) is 11.4 Å². The van der Waals surface area contributed by atoms with Gasteiger partial charge in [-0.2, -0.15) is 0 Å². The van der Waals surface area contributed by atoms with Gasteiger partial charge in [0.05, 0.1) is 0 Å². The minimum atomic E-state index is -0.000147. The summed E-state index contributed by atoms with van der Waals surface area (Å²) in [5.41, 5.74) is 11.2. The van der Waals surface area contributed by atoms with E-state index in [-0.39, 0.29) is 5.96 Å². The van der Waals surface area contributed by atoms with Crippen molar-refractivity contribution in [2.45, 2.75) is 6.92 Å². The van der Waals surface area contributed by atoms with Crippen LogP contribution in [0.2, 0.25) is 0 Å². The van der Waals surface area contributed by atoms with Crippen LogP contribution in [0.4, 0.5) is 11.4 Å². The van der Waals surface area contributed by atoms with Crippen molar-refractivity contribution < 1.29 is 0 Å². The van der Waals surface area contributed by atoms with Crippen molar-refractivity contribution in [1.82, 2.24) is 0 Å². The van der Waals surface area contributed by atoms with Gasteiger partial charge >= 0.3 is 0 Å². The zero-order chi connectivity index (χ0) is 16.2. The summed E-state index contributed by atoms with van der Waals surface area (Å²) in [6, 6.07) is 26.1. The summed E-state index contributed by atoms with van der Waals surface area (Å²) in [6.07, 6.45) is 0. The van der Waals surface area contributed by atoms with E-state index in [1.54, 1.807) is 4.90 Å². The number of hydrogen-bond acceptors (Lipinski definition) is 1. The molecule has 0 aromatic heterocycles. The molecule has 0 heterocycles. The van der Waals surface area contributed by atoms with Crippen molar-refractivity contribution in [3.63, 3.8) is 0 Å². The molecule has 3 heteroatoms. The molecule has 0 saturated heterocycles. The van der Waals surface area contributed by atoms with Gasteiger partial charge in [-0.3, -0.25) is 10.3 Å². The highest BCUT2D eigenvalue weighted by Gasteiger charge is 2.12. The Morgan fingerprint density at radius 3 is 1.96 bits per heavy atom. The van der Waals surface area contributed by atoms with Gasteiger partial charge in [0.15, 0.2) is 5.96 Å². The number of nitrogens with two attached hydrogens (primary N) is 1. The molecule has 114 valence electrons. The second kappa shape index (κ2) is 6.36. The second-order valence-corrected chi connectivity index (χ2v) is 5.42. The Kier molecular flexibility index (Phi) is 4.11. The predicted octanol–water partition coefficient (Wildman–Crippen LogP) is 4.69. The van der Waals surface area contributed by atoms with Crippen LogP contribution in [-0.2, 0) is 0 Å². The lowest BCUT2D eigenvalue weighted by atomic mass is 10.0. The van der Waals surface area contributed by atoms with Crippen LogP contribution in [-0.4, -0.2) is 5.96 Å². The molecule has 3 aromatic carbocycles. The van der Waals surface area contributed by atoms with Gasteiger partial charge in [0.25, 0.3) is 0 Å². The molecule has 0 bridgehead atoms. The smallest absolute Gasteiger partial charge is 0.197 e. The monoisotopic (exact) mass is 301 g/mol. The molecule has 0 atom stereocenters. The largest absolute Gasteiger partial charge is 0.369 e. The highest BCUT2D eigenvalue weighted by atomic mass is 15.2. The summed E-state index contributed by atoms with van der Waals surface area (Å²) in [7, 11) is 0. The van der Waals surface area contributed by atoms with Crippen molar-refractivity contribution in [3.8, 4) is 11.1 Å². The van der Waals surface area contributed by atoms with Gasteiger partial charge in [0.1, 0.15) is 0 Å². The number of hydrogen-bond donors (Lipinski definition) is 2. The van der Waals surface area contributed by atoms with E-state index in [4.69, 9.17) is 11.1 Å². The van der Waals surface area contributed by atoms with E-state index in [1.165, 1.54) is 11.1 Å². The quantitative estimate of drug-likeness (QED) is 0.544. The highest BCUT2D eigenvalue weighted by Crippen LogP contribution is 2.29. The lowest BCUT2D eigenvalue weighted by Crippen LogP contribution is -2.32. The Balaban J connectivity index is 1.98. The van der Waals surface area contributed by atoms with Gasteiger partial charge < -0.3 is 5.73 Å². The maximum absolute atomic E-state index is 7.88. The molecular weight excluding hydrogens is 282 g/mol. The lowest BCUT2D eigenvalue weighted by Gasteiger charge is -2.23. The number of aryl methyl sites for hydroxylation is 1. The normalized spacial score (nSPS) is 10.3. The van der Waals surface area contributed by atoms with E-state index >= 15 is 0 Å². The predicted molar refractivity (Wildman–Crippen MR) is 97.1 cm³/mol. The maximum Gasteiger partial charge on any atom is 0.197 e. The van der Waals surface area contributed by atoms with Crippen LogP contribution in [0, 0.1) is 12.3 Å². The molecule has 0 spiro atoms. The van der Waals surface area contributed by atoms with Crippen molar-refractivity contribution in [2.24, 2.45) is 5.73 Å². The van der Waals surface area contributed by atoms with Gasteiger partial charge in [-0.25, -0.2) is 0 Å². The topological polar surface area (TPSA) is 53.1 Å². The molecule has 0 aliphatic rings. The first kappa shape index (κ1) is 14.9. The maximum atomic E-state index is 7.88. The van der Waals surface area contributed by atoms with Crippen LogP contribution in [0.1, 0.15) is 5.56 Å². The van der Waals surface area contributed by atoms with Crippen LogP contribution < -0.4 is 10.6 Å². The summed E-state index contributed by atoms with van der Waals surface area (Å²) in [5, 5.41) is 7.88. The number of guanidine groups is 1. The number of para-hydroxylation sites is 1. The Morgan fingerprint density at radius 1 is 0.783 bits per heavy atom. The van der Waals surface area contributed by atoms with E-state index in [2.05, 4.69) is 31.2 Å². The van der Waals surface area contributed by atoms with Crippen LogP contribution in [0.3, 0.4) is 0 Å². The van der Waals surface area contributed by atoms with Crippen LogP contribution >= 0.6 is 0 Å². The molecule has 0 radical (unpaired) electrons. The van der Waals surface area contributed by atoms with Crippen molar-refractivity contribution >= 4 is 17.3 Å². The molecule has 3 nitrogen and oxygen atoms in total. The minimum absolute atomic E-state index is 0.000147. The van der Waals surface area contributed by atoms with Crippen molar-refractivity contribution in [3.05, 3.63) is 84.4 Å². The molecule has 3 rings (SSSR count). The van der Waals surface area contributed by atoms with E-state index < -0.39 is 0 Å². The van der Waals surface area contributed by atoms with Gasteiger partial charge in [-0.05, 0) is 47.9 Å². The minimum Gasteiger partial charge on any atom is -0.369 e. The number of benzene rings is 3. The average molecular weight is 301 g/mol. The van der Waals surface area contributed by atoms with Crippen LogP contribution in [0.25, 0.3) is 11.1 Å². The number of nitrogens with zero attached hydrogens (tertiary/aromatic N) is 1. The first-order valence-corrected chi connectivity index (χ1v) is 7.52. The summed E-state index contributed by atoms with van der Waals surface area (Å²) in [6.45, 7) is 2.11. The Bertz CT molecular complexity index is 808. The molecule has 0 unspecified atom stereocenters. The first-order valence-electron chi connectivity index (χ1n) is 7.52.